The second kappa shape index (κ2) is 3.12. The fourth-order valence-corrected chi connectivity index (χ4v) is 1.56. The van der Waals surface area contributed by atoms with Gasteiger partial charge in [-0.1, -0.05) is 0 Å². The zero-order chi connectivity index (χ0) is 9.26. The number of furan rings is 1. The fourth-order valence-electron chi connectivity index (χ4n) is 1.56. The van der Waals surface area contributed by atoms with E-state index in [9.17, 15) is 4.79 Å². The Hall–Kier alpha value is -1.45. The summed E-state index contributed by atoms with van der Waals surface area (Å²) >= 11 is 0. The second-order valence-electron chi connectivity index (χ2n) is 3.23. The van der Waals surface area contributed by atoms with Crippen molar-refractivity contribution in [2.24, 2.45) is 5.73 Å². The monoisotopic (exact) mass is 180 g/mol. The van der Waals surface area contributed by atoms with Crippen LogP contribution < -0.4 is 10.6 Å². The molecule has 2 heterocycles. The minimum atomic E-state index is -0.436. The highest BCUT2D eigenvalue weighted by Crippen LogP contribution is 2.22. The summed E-state index contributed by atoms with van der Waals surface area (Å²) in [5.74, 6) is 0.320. The molecule has 1 aromatic heterocycles. The molecule has 1 saturated heterocycles. The number of carbonyl (C=O) groups is 1. The van der Waals surface area contributed by atoms with Gasteiger partial charge in [0.25, 0.3) is 5.91 Å². The maximum absolute atomic E-state index is 10.8. The van der Waals surface area contributed by atoms with E-state index in [1.807, 2.05) is 0 Å². The Labute approximate surface area is 76.3 Å². The third-order valence-electron chi connectivity index (χ3n) is 2.29. The van der Waals surface area contributed by atoms with Crippen LogP contribution in [0.3, 0.4) is 0 Å². The van der Waals surface area contributed by atoms with E-state index in [2.05, 4.69) is 4.90 Å². The Bertz CT molecular complexity index is 313. The number of nitrogens with two attached hydrogens (primary N) is 1. The topological polar surface area (TPSA) is 59.5 Å². The molecule has 1 aliphatic rings. The average Bonchev–Trinajstić information content (AvgIpc) is 2.75. The smallest absolute Gasteiger partial charge is 0.252 e. The summed E-state index contributed by atoms with van der Waals surface area (Å²) in [6.45, 7) is 2.01. The van der Waals surface area contributed by atoms with E-state index in [1.165, 1.54) is 19.1 Å². The van der Waals surface area contributed by atoms with Crippen molar-refractivity contribution in [2.75, 3.05) is 18.0 Å². The quantitative estimate of drug-likeness (QED) is 0.738. The van der Waals surface area contributed by atoms with Crippen LogP contribution in [0.25, 0.3) is 0 Å². The van der Waals surface area contributed by atoms with Crippen molar-refractivity contribution in [1.29, 1.82) is 0 Å². The summed E-state index contributed by atoms with van der Waals surface area (Å²) in [6.07, 6.45) is 3.79. The van der Waals surface area contributed by atoms with Gasteiger partial charge in [0.05, 0.1) is 5.56 Å². The van der Waals surface area contributed by atoms with Gasteiger partial charge >= 0.3 is 0 Å². The molecule has 2 rings (SSSR count). The molecule has 4 heteroatoms. The second-order valence-corrected chi connectivity index (χ2v) is 3.23. The number of anilines is 1. The highest BCUT2D eigenvalue weighted by Gasteiger charge is 2.16. The van der Waals surface area contributed by atoms with E-state index in [-0.39, 0.29) is 0 Å². The number of amides is 1. The van der Waals surface area contributed by atoms with Crippen LogP contribution in [0, 0.1) is 0 Å². The molecule has 4 nitrogen and oxygen atoms in total. The minimum Gasteiger partial charge on any atom is -0.448 e. The van der Waals surface area contributed by atoms with Crippen molar-refractivity contribution >= 4 is 11.8 Å². The molecule has 70 valence electrons. The van der Waals surface area contributed by atoms with Crippen molar-refractivity contribution in [1.82, 2.24) is 0 Å². The highest BCUT2D eigenvalue weighted by atomic mass is 16.3. The van der Waals surface area contributed by atoms with Gasteiger partial charge in [0.2, 0.25) is 0 Å². The largest absolute Gasteiger partial charge is 0.448 e. The normalized spacial score (nSPS) is 16.5. The molecule has 1 amide bonds. The van der Waals surface area contributed by atoms with Crippen LogP contribution in [-0.2, 0) is 0 Å². The highest BCUT2D eigenvalue weighted by molar-refractivity contribution is 5.93. The third-order valence-corrected chi connectivity index (χ3v) is 2.29. The van der Waals surface area contributed by atoms with Crippen LogP contribution in [0.5, 0.6) is 0 Å². The van der Waals surface area contributed by atoms with Gasteiger partial charge in [-0.2, -0.15) is 0 Å². The summed E-state index contributed by atoms with van der Waals surface area (Å²) < 4.78 is 5.23. The summed E-state index contributed by atoms with van der Waals surface area (Å²) in [4.78, 5) is 12.9. The summed E-state index contributed by atoms with van der Waals surface area (Å²) in [6, 6.07) is 1.70. The molecule has 1 fully saturated rings. The Kier molecular flexibility index (Phi) is 1.96. The van der Waals surface area contributed by atoms with E-state index in [0.717, 1.165) is 19.0 Å². The van der Waals surface area contributed by atoms with Crippen molar-refractivity contribution in [2.45, 2.75) is 12.8 Å². The van der Waals surface area contributed by atoms with Gasteiger partial charge in [0.15, 0.2) is 5.88 Å². The van der Waals surface area contributed by atoms with E-state index in [0.29, 0.717) is 5.56 Å². The molecule has 0 spiro atoms. The van der Waals surface area contributed by atoms with Crippen molar-refractivity contribution < 1.29 is 9.21 Å². The number of rotatable bonds is 2. The lowest BCUT2D eigenvalue weighted by molar-refractivity contribution is 0.0999. The van der Waals surface area contributed by atoms with Crippen LogP contribution >= 0.6 is 0 Å². The molecule has 0 saturated carbocycles. The van der Waals surface area contributed by atoms with Gasteiger partial charge in [0, 0.05) is 19.2 Å². The summed E-state index contributed by atoms with van der Waals surface area (Å²) in [7, 11) is 0. The Morgan fingerprint density at radius 3 is 2.69 bits per heavy atom. The first-order valence-electron chi connectivity index (χ1n) is 4.40. The maximum atomic E-state index is 10.8. The standard InChI is InChI=1S/C9H12N2O2/c10-9(12)7-5-8(13-6-7)11-3-1-2-4-11/h5-6H,1-4H2,(H2,10,12). The predicted octanol–water partition coefficient (Wildman–Crippen LogP) is 0.979. The number of nitrogens with zero attached hydrogens (tertiary/aromatic N) is 1. The zero-order valence-corrected chi connectivity index (χ0v) is 7.32. The lowest BCUT2D eigenvalue weighted by Crippen LogP contribution is -2.16. The maximum Gasteiger partial charge on any atom is 0.252 e. The van der Waals surface area contributed by atoms with Crippen LogP contribution in [0.15, 0.2) is 16.7 Å². The van der Waals surface area contributed by atoms with Gasteiger partial charge in [-0.05, 0) is 12.8 Å². The molecule has 0 unspecified atom stereocenters. The molecule has 0 aliphatic carbocycles. The predicted molar refractivity (Wildman–Crippen MR) is 48.7 cm³/mol. The Balaban J connectivity index is 2.16. The molecule has 0 radical (unpaired) electrons. The average molecular weight is 180 g/mol. The first kappa shape index (κ1) is 8.16. The van der Waals surface area contributed by atoms with E-state index in [1.54, 1.807) is 6.07 Å². The molecule has 13 heavy (non-hydrogen) atoms. The van der Waals surface area contributed by atoms with Gasteiger partial charge in [-0.25, -0.2) is 0 Å². The van der Waals surface area contributed by atoms with Gasteiger partial charge in [0.1, 0.15) is 6.26 Å². The SMILES string of the molecule is NC(=O)c1coc(N2CCCC2)c1. The van der Waals surface area contributed by atoms with Gasteiger partial charge < -0.3 is 15.1 Å². The Morgan fingerprint density at radius 2 is 2.15 bits per heavy atom. The molecule has 2 N–H and O–H groups in total. The van der Waals surface area contributed by atoms with Gasteiger partial charge in [-0.15, -0.1) is 0 Å². The molecule has 1 aromatic rings. The first-order chi connectivity index (χ1) is 6.27. The first-order valence-corrected chi connectivity index (χ1v) is 4.40. The number of primary amides is 1. The summed E-state index contributed by atoms with van der Waals surface area (Å²) in [5, 5.41) is 0. The van der Waals surface area contributed by atoms with Crippen LogP contribution in [0.2, 0.25) is 0 Å². The lowest BCUT2D eigenvalue weighted by atomic mass is 10.3. The van der Waals surface area contributed by atoms with E-state index >= 15 is 0 Å². The number of carbonyl (C=O) groups excluding carboxylic acids is 1. The van der Waals surface area contributed by atoms with E-state index in [4.69, 9.17) is 10.2 Å². The van der Waals surface area contributed by atoms with Crippen LogP contribution in [-0.4, -0.2) is 19.0 Å². The lowest BCUT2D eigenvalue weighted by Gasteiger charge is -2.12. The molecule has 1 aliphatic heterocycles. The Morgan fingerprint density at radius 1 is 1.46 bits per heavy atom. The van der Waals surface area contributed by atoms with Crippen LogP contribution in [0.4, 0.5) is 5.88 Å². The van der Waals surface area contributed by atoms with E-state index < -0.39 is 5.91 Å². The van der Waals surface area contributed by atoms with Crippen LogP contribution in [0.1, 0.15) is 23.2 Å². The molecule has 0 bridgehead atoms. The fraction of sp³-hybridized carbons (Fsp3) is 0.444. The zero-order valence-electron chi connectivity index (χ0n) is 7.32. The molecule has 0 aromatic carbocycles. The van der Waals surface area contributed by atoms with Crippen molar-refractivity contribution in [3.63, 3.8) is 0 Å². The third kappa shape index (κ3) is 1.52. The minimum absolute atomic E-state index is 0.436. The van der Waals surface area contributed by atoms with Crippen molar-refractivity contribution in [3.8, 4) is 0 Å². The molecular formula is C9H12N2O2. The summed E-state index contributed by atoms with van der Waals surface area (Å²) in [5.41, 5.74) is 5.55. The van der Waals surface area contributed by atoms with Gasteiger partial charge in [-0.3, -0.25) is 4.79 Å². The molecular weight excluding hydrogens is 168 g/mol. The van der Waals surface area contributed by atoms with Crippen molar-refractivity contribution in [3.05, 3.63) is 17.9 Å². The molecule has 0 atom stereocenters. The number of hydrogen-bond donors (Lipinski definition) is 1. The number of hydrogen-bond acceptors (Lipinski definition) is 3.